The van der Waals surface area contributed by atoms with Gasteiger partial charge in [-0.25, -0.2) is 0 Å². The first kappa shape index (κ1) is 12.6. The van der Waals surface area contributed by atoms with Crippen LogP contribution in [0.15, 0.2) is 22.7 Å². The summed E-state index contributed by atoms with van der Waals surface area (Å²) < 4.78 is 1.01. The van der Waals surface area contributed by atoms with Crippen molar-refractivity contribution in [1.82, 2.24) is 4.90 Å². The minimum absolute atomic E-state index is 0.177. The van der Waals surface area contributed by atoms with E-state index in [1.165, 1.54) is 0 Å². The number of rotatable bonds is 1. The first-order valence-corrected chi connectivity index (χ1v) is 6.93. The predicted octanol–water partition coefficient (Wildman–Crippen LogP) is 3.63. The normalized spacial score (nSPS) is 17.2. The van der Waals surface area contributed by atoms with Crippen LogP contribution in [0.25, 0.3) is 0 Å². The van der Waals surface area contributed by atoms with Crippen molar-refractivity contribution in [1.29, 1.82) is 0 Å². The fraction of sp³-hybridized carbons (Fsp3) is 0.500. The van der Waals surface area contributed by atoms with Crippen molar-refractivity contribution < 1.29 is 4.79 Å². The van der Waals surface area contributed by atoms with E-state index in [1.807, 2.05) is 30.0 Å². The van der Waals surface area contributed by atoms with Gasteiger partial charge in [-0.2, -0.15) is 0 Å². The summed E-state index contributed by atoms with van der Waals surface area (Å²) in [5, 5.41) is 0. The molecule has 1 heterocycles. The molecule has 1 aromatic carbocycles. The molecule has 0 saturated carbocycles. The zero-order valence-corrected chi connectivity index (χ0v) is 12.0. The van der Waals surface area contributed by atoms with Gasteiger partial charge in [-0.3, -0.25) is 4.79 Å². The number of likely N-dealkylation sites (tertiary alicyclic amines) is 1. The van der Waals surface area contributed by atoms with Crippen LogP contribution in [0, 0.1) is 12.8 Å². The van der Waals surface area contributed by atoms with E-state index in [4.69, 9.17) is 0 Å². The third-order valence-electron chi connectivity index (χ3n) is 3.57. The fourth-order valence-corrected chi connectivity index (χ4v) is 2.59. The van der Waals surface area contributed by atoms with Crippen molar-refractivity contribution in [2.75, 3.05) is 13.1 Å². The Balaban J connectivity index is 2.17. The lowest BCUT2D eigenvalue weighted by molar-refractivity contribution is 0.0696. The van der Waals surface area contributed by atoms with E-state index in [9.17, 15) is 4.79 Å². The predicted molar refractivity (Wildman–Crippen MR) is 73.2 cm³/mol. The number of hydrogen-bond acceptors (Lipinski definition) is 1. The van der Waals surface area contributed by atoms with Crippen LogP contribution >= 0.6 is 15.9 Å². The number of carbonyl (C=O) groups is 1. The lowest BCUT2D eigenvalue weighted by atomic mass is 9.98. The summed E-state index contributed by atoms with van der Waals surface area (Å²) in [6.07, 6.45) is 2.25. The largest absolute Gasteiger partial charge is 0.339 e. The monoisotopic (exact) mass is 295 g/mol. The Hall–Kier alpha value is -0.830. The highest BCUT2D eigenvalue weighted by Gasteiger charge is 2.22. The van der Waals surface area contributed by atoms with Gasteiger partial charge in [0.05, 0.1) is 0 Å². The van der Waals surface area contributed by atoms with E-state index < -0.39 is 0 Å². The molecule has 0 spiro atoms. The number of piperidine rings is 1. The summed E-state index contributed by atoms with van der Waals surface area (Å²) in [7, 11) is 0. The second kappa shape index (κ2) is 5.21. The van der Waals surface area contributed by atoms with Crippen molar-refractivity contribution in [2.24, 2.45) is 5.92 Å². The molecule has 1 saturated heterocycles. The zero-order valence-electron chi connectivity index (χ0n) is 10.4. The first-order valence-electron chi connectivity index (χ1n) is 6.14. The molecule has 1 amide bonds. The van der Waals surface area contributed by atoms with E-state index in [0.29, 0.717) is 0 Å². The summed E-state index contributed by atoms with van der Waals surface area (Å²) in [6.45, 7) is 6.04. The molecule has 0 aromatic heterocycles. The summed E-state index contributed by atoms with van der Waals surface area (Å²) in [5.74, 6) is 0.929. The second-order valence-electron chi connectivity index (χ2n) is 4.89. The van der Waals surface area contributed by atoms with Crippen LogP contribution in [-0.4, -0.2) is 23.9 Å². The van der Waals surface area contributed by atoms with E-state index in [2.05, 4.69) is 22.9 Å². The van der Waals surface area contributed by atoms with Gasteiger partial charge in [0.15, 0.2) is 0 Å². The third-order valence-corrected chi connectivity index (χ3v) is 4.43. The Kier molecular flexibility index (Phi) is 3.87. The van der Waals surface area contributed by atoms with Gasteiger partial charge in [-0.15, -0.1) is 0 Å². The lowest BCUT2D eigenvalue weighted by Crippen LogP contribution is -2.38. The number of nitrogens with zero attached hydrogens (tertiary/aromatic N) is 1. The highest BCUT2D eigenvalue weighted by molar-refractivity contribution is 9.10. The Bertz CT molecular complexity index is 422. The molecule has 1 aromatic rings. The maximum Gasteiger partial charge on any atom is 0.254 e. The summed E-state index contributed by atoms with van der Waals surface area (Å²) in [6, 6.07) is 5.82. The van der Waals surface area contributed by atoms with E-state index >= 15 is 0 Å². The average Bonchev–Trinajstić information content (AvgIpc) is 2.33. The Morgan fingerprint density at radius 3 is 2.65 bits per heavy atom. The van der Waals surface area contributed by atoms with Gasteiger partial charge < -0.3 is 4.90 Å². The van der Waals surface area contributed by atoms with Crippen LogP contribution < -0.4 is 0 Å². The van der Waals surface area contributed by atoms with Crippen LogP contribution in [0.1, 0.15) is 35.7 Å². The molecule has 0 aliphatic carbocycles. The van der Waals surface area contributed by atoms with Crippen molar-refractivity contribution in [3.63, 3.8) is 0 Å². The smallest absolute Gasteiger partial charge is 0.254 e. The molecule has 2 rings (SSSR count). The molecule has 0 radical (unpaired) electrons. The van der Waals surface area contributed by atoms with Gasteiger partial charge in [0, 0.05) is 23.1 Å². The minimum atomic E-state index is 0.177. The average molecular weight is 296 g/mol. The number of hydrogen-bond donors (Lipinski definition) is 0. The molecule has 3 heteroatoms. The fourth-order valence-electron chi connectivity index (χ4n) is 2.22. The summed E-state index contributed by atoms with van der Waals surface area (Å²) in [4.78, 5) is 14.4. The molecule has 0 N–H and O–H groups in total. The standard InChI is InChI=1S/C14H18BrNO/c1-10-6-8-16(9-7-10)14(17)12-4-3-5-13(15)11(12)2/h3-5,10H,6-9H2,1-2H3. The van der Waals surface area contributed by atoms with Crippen molar-refractivity contribution in [3.05, 3.63) is 33.8 Å². The van der Waals surface area contributed by atoms with Gasteiger partial charge in [0.25, 0.3) is 5.91 Å². The van der Waals surface area contributed by atoms with Gasteiger partial charge in [0.2, 0.25) is 0 Å². The Morgan fingerprint density at radius 1 is 1.35 bits per heavy atom. The summed E-state index contributed by atoms with van der Waals surface area (Å²) in [5.41, 5.74) is 1.87. The molecular weight excluding hydrogens is 278 g/mol. The zero-order chi connectivity index (χ0) is 12.4. The number of carbonyl (C=O) groups excluding carboxylic acids is 1. The number of amides is 1. The maximum atomic E-state index is 12.4. The SMILES string of the molecule is Cc1c(Br)cccc1C(=O)N1CCC(C)CC1. The molecule has 17 heavy (non-hydrogen) atoms. The van der Waals surface area contributed by atoms with Crippen LogP contribution in [0.4, 0.5) is 0 Å². The van der Waals surface area contributed by atoms with Crippen LogP contribution in [0.5, 0.6) is 0 Å². The van der Waals surface area contributed by atoms with Gasteiger partial charge in [0.1, 0.15) is 0 Å². The Morgan fingerprint density at radius 2 is 2.00 bits per heavy atom. The molecule has 0 atom stereocenters. The van der Waals surface area contributed by atoms with Gasteiger partial charge in [-0.05, 0) is 43.4 Å². The van der Waals surface area contributed by atoms with Crippen LogP contribution in [0.3, 0.4) is 0 Å². The minimum Gasteiger partial charge on any atom is -0.339 e. The first-order chi connectivity index (χ1) is 8.09. The van der Waals surface area contributed by atoms with Gasteiger partial charge in [-0.1, -0.05) is 28.9 Å². The molecule has 1 aliphatic rings. The second-order valence-corrected chi connectivity index (χ2v) is 5.74. The third kappa shape index (κ3) is 2.71. The molecule has 0 unspecified atom stereocenters. The van der Waals surface area contributed by atoms with E-state index in [0.717, 1.165) is 47.4 Å². The van der Waals surface area contributed by atoms with E-state index in [-0.39, 0.29) is 5.91 Å². The molecular formula is C14H18BrNO. The topological polar surface area (TPSA) is 20.3 Å². The van der Waals surface area contributed by atoms with Crippen LogP contribution in [0.2, 0.25) is 0 Å². The van der Waals surface area contributed by atoms with E-state index in [1.54, 1.807) is 0 Å². The van der Waals surface area contributed by atoms with Crippen molar-refractivity contribution in [3.8, 4) is 0 Å². The molecule has 92 valence electrons. The van der Waals surface area contributed by atoms with Crippen molar-refractivity contribution in [2.45, 2.75) is 26.7 Å². The lowest BCUT2D eigenvalue weighted by Gasteiger charge is -2.30. The van der Waals surface area contributed by atoms with Crippen molar-refractivity contribution >= 4 is 21.8 Å². The highest BCUT2D eigenvalue weighted by Crippen LogP contribution is 2.23. The molecule has 1 fully saturated rings. The molecule has 1 aliphatic heterocycles. The summed E-state index contributed by atoms with van der Waals surface area (Å²) >= 11 is 3.48. The van der Waals surface area contributed by atoms with Crippen LogP contribution in [-0.2, 0) is 0 Å². The number of halogens is 1. The quantitative estimate of drug-likeness (QED) is 0.775. The highest BCUT2D eigenvalue weighted by atomic mass is 79.9. The van der Waals surface area contributed by atoms with Gasteiger partial charge >= 0.3 is 0 Å². The molecule has 0 bridgehead atoms. The number of benzene rings is 1. The maximum absolute atomic E-state index is 12.4. The Labute approximate surface area is 111 Å². The molecule has 2 nitrogen and oxygen atoms in total.